The lowest BCUT2D eigenvalue weighted by molar-refractivity contribution is 0.424. The number of rotatable bonds is 7. The van der Waals surface area contributed by atoms with E-state index in [4.69, 9.17) is 4.43 Å². The Labute approximate surface area is 84.1 Å². The van der Waals surface area contributed by atoms with Gasteiger partial charge in [0.2, 0.25) is 0 Å². The Balaban J connectivity index is 3.46. The molecule has 13 heavy (non-hydrogen) atoms. The minimum Gasteiger partial charge on any atom is -0.423 e. The minimum absolute atomic E-state index is 0.875. The molecule has 1 atom stereocenters. The molecule has 1 unspecified atom stereocenters. The Bertz CT molecular complexity index is 148. The van der Waals surface area contributed by atoms with Crippen LogP contribution in [-0.4, -0.2) is 28.4 Å². The van der Waals surface area contributed by atoms with Gasteiger partial charge < -0.3 is 4.43 Å². The number of hydrogen-bond donors (Lipinski definition) is 0. The first-order valence-electron chi connectivity index (χ1n) is 5.23. The average Bonchev–Trinajstić information content (AvgIpc) is 2.14. The summed E-state index contributed by atoms with van der Waals surface area (Å²) in [6.07, 6.45) is 3.70. The number of aliphatic imine (C=N–C) groups is 1. The SMILES string of the molecule is CCCCC(C)=NCC[SiH](C)OC. The second kappa shape index (κ2) is 8.45. The minimum atomic E-state index is -0.875. The van der Waals surface area contributed by atoms with Gasteiger partial charge in [0.25, 0.3) is 0 Å². The van der Waals surface area contributed by atoms with Gasteiger partial charge in [-0.1, -0.05) is 13.3 Å². The molecule has 0 fully saturated rings. The molecule has 0 radical (unpaired) electrons. The second-order valence-corrected chi connectivity index (χ2v) is 6.23. The molecule has 0 saturated heterocycles. The van der Waals surface area contributed by atoms with E-state index in [1.807, 2.05) is 7.11 Å². The largest absolute Gasteiger partial charge is 0.423 e. The molecule has 0 heterocycles. The summed E-state index contributed by atoms with van der Waals surface area (Å²) >= 11 is 0. The summed E-state index contributed by atoms with van der Waals surface area (Å²) in [5.41, 5.74) is 1.30. The fraction of sp³-hybridized carbons (Fsp3) is 0.900. The predicted molar refractivity (Wildman–Crippen MR) is 62.3 cm³/mol. The highest BCUT2D eigenvalue weighted by Gasteiger charge is 2.00. The molecule has 0 bridgehead atoms. The summed E-state index contributed by atoms with van der Waals surface area (Å²) in [6.45, 7) is 7.54. The number of nitrogens with zero attached hydrogens (tertiary/aromatic N) is 1. The van der Waals surface area contributed by atoms with Gasteiger partial charge in [-0.25, -0.2) is 0 Å². The normalized spacial score (nSPS) is 14.6. The van der Waals surface area contributed by atoms with Crippen molar-refractivity contribution in [3.8, 4) is 0 Å². The highest BCUT2D eigenvalue weighted by Crippen LogP contribution is 1.99. The fourth-order valence-corrected chi connectivity index (χ4v) is 1.80. The van der Waals surface area contributed by atoms with Crippen LogP contribution in [0, 0.1) is 0 Å². The highest BCUT2D eigenvalue weighted by atomic mass is 28.3. The third kappa shape index (κ3) is 8.18. The van der Waals surface area contributed by atoms with Crippen molar-refractivity contribution in [2.75, 3.05) is 13.7 Å². The van der Waals surface area contributed by atoms with Crippen molar-refractivity contribution < 1.29 is 4.43 Å². The molecule has 0 aliphatic heterocycles. The van der Waals surface area contributed by atoms with E-state index in [9.17, 15) is 0 Å². The van der Waals surface area contributed by atoms with Crippen molar-refractivity contribution in [2.24, 2.45) is 4.99 Å². The van der Waals surface area contributed by atoms with Crippen LogP contribution in [0.25, 0.3) is 0 Å². The van der Waals surface area contributed by atoms with Crippen molar-refractivity contribution in [2.45, 2.75) is 45.7 Å². The lowest BCUT2D eigenvalue weighted by Gasteiger charge is -2.05. The lowest BCUT2D eigenvalue weighted by atomic mass is 10.2. The van der Waals surface area contributed by atoms with Crippen LogP contribution >= 0.6 is 0 Å². The predicted octanol–water partition coefficient (Wildman–Crippen LogP) is 2.64. The summed E-state index contributed by atoms with van der Waals surface area (Å²) in [5, 5.41) is 0. The highest BCUT2D eigenvalue weighted by molar-refractivity contribution is 6.50. The Hall–Kier alpha value is -0.153. The zero-order valence-electron chi connectivity index (χ0n) is 9.47. The third-order valence-electron chi connectivity index (χ3n) is 2.21. The molecule has 0 amide bonds. The maximum atomic E-state index is 5.28. The van der Waals surface area contributed by atoms with E-state index >= 15 is 0 Å². The van der Waals surface area contributed by atoms with E-state index < -0.39 is 9.04 Å². The summed E-state index contributed by atoms with van der Waals surface area (Å²) in [4.78, 5) is 4.52. The second-order valence-electron chi connectivity index (χ2n) is 3.56. The van der Waals surface area contributed by atoms with Crippen molar-refractivity contribution in [3.63, 3.8) is 0 Å². The van der Waals surface area contributed by atoms with Crippen LogP contribution in [0.3, 0.4) is 0 Å². The zero-order valence-corrected chi connectivity index (χ0v) is 10.6. The molecule has 0 saturated carbocycles. The van der Waals surface area contributed by atoms with Gasteiger partial charge in [0, 0.05) is 19.4 Å². The standard InChI is InChI=1S/C10H23NOSi/c1-5-6-7-10(2)11-8-9-13(4)12-3/h13H,5-9H2,1-4H3. The lowest BCUT2D eigenvalue weighted by Crippen LogP contribution is -2.11. The van der Waals surface area contributed by atoms with Gasteiger partial charge in [0.1, 0.15) is 0 Å². The summed E-state index contributed by atoms with van der Waals surface area (Å²) in [5.74, 6) is 0. The number of hydrogen-bond acceptors (Lipinski definition) is 2. The summed E-state index contributed by atoms with van der Waals surface area (Å²) in [7, 11) is 0.936. The van der Waals surface area contributed by atoms with Crippen LogP contribution in [0.1, 0.15) is 33.1 Å². The van der Waals surface area contributed by atoms with Crippen LogP contribution in [0.4, 0.5) is 0 Å². The topological polar surface area (TPSA) is 21.6 Å². The maximum absolute atomic E-state index is 5.28. The first-order chi connectivity index (χ1) is 6.20. The van der Waals surface area contributed by atoms with E-state index in [0.29, 0.717) is 0 Å². The van der Waals surface area contributed by atoms with Gasteiger partial charge >= 0.3 is 0 Å². The fourth-order valence-electron chi connectivity index (χ4n) is 1.07. The van der Waals surface area contributed by atoms with E-state index in [1.54, 1.807) is 0 Å². The quantitative estimate of drug-likeness (QED) is 0.458. The monoisotopic (exact) mass is 201 g/mol. The van der Waals surface area contributed by atoms with Crippen LogP contribution in [0.5, 0.6) is 0 Å². The Morgan fingerprint density at radius 3 is 2.69 bits per heavy atom. The summed E-state index contributed by atoms with van der Waals surface area (Å²) < 4.78 is 5.28. The van der Waals surface area contributed by atoms with Crippen LogP contribution < -0.4 is 0 Å². The molecule has 0 aromatic rings. The van der Waals surface area contributed by atoms with Crippen molar-refractivity contribution in [3.05, 3.63) is 0 Å². The van der Waals surface area contributed by atoms with Crippen molar-refractivity contribution >= 4 is 14.8 Å². The molecule has 0 aromatic heterocycles. The number of unbranched alkanes of at least 4 members (excludes halogenated alkanes) is 1. The molecular weight excluding hydrogens is 178 g/mol. The van der Waals surface area contributed by atoms with Crippen LogP contribution in [-0.2, 0) is 4.43 Å². The van der Waals surface area contributed by atoms with Crippen molar-refractivity contribution in [1.29, 1.82) is 0 Å². The van der Waals surface area contributed by atoms with E-state index in [2.05, 4.69) is 25.4 Å². The molecule has 0 aromatic carbocycles. The van der Waals surface area contributed by atoms with E-state index in [0.717, 1.165) is 6.54 Å². The van der Waals surface area contributed by atoms with Gasteiger partial charge in [-0.2, -0.15) is 0 Å². The molecule has 0 rings (SSSR count). The van der Waals surface area contributed by atoms with Gasteiger partial charge in [-0.15, -0.1) is 0 Å². The van der Waals surface area contributed by atoms with E-state index in [-0.39, 0.29) is 0 Å². The van der Waals surface area contributed by atoms with Gasteiger partial charge in [0.15, 0.2) is 9.04 Å². The van der Waals surface area contributed by atoms with Gasteiger partial charge in [-0.05, 0) is 32.4 Å². The molecule has 0 aliphatic carbocycles. The van der Waals surface area contributed by atoms with Crippen LogP contribution in [0.15, 0.2) is 4.99 Å². The first kappa shape index (κ1) is 12.8. The smallest absolute Gasteiger partial charge is 0.175 e. The molecule has 0 aliphatic rings. The molecule has 3 heteroatoms. The third-order valence-corrected chi connectivity index (χ3v) is 4.09. The van der Waals surface area contributed by atoms with Gasteiger partial charge in [-0.3, -0.25) is 4.99 Å². The average molecular weight is 201 g/mol. The Kier molecular flexibility index (Phi) is 8.35. The first-order valence-corrected chi connectivity index (χ1v) is 7.67. The molecule has 78 valence electrons. The maximum Gasteiger partial charge on any atom is 0.175 e. The van der Waals surface area contributed by atoms with Crippen molar-refractivity contribution in [1.82, 2.24) is 0 Å². The van der Waals surface area contributed by atoms with E-state index in [1.165, 1.54) is 31.0 Å². The van der Waals surface area contributed by atoms with Gasteiger partial charge in [0.05, 0.1) is 0 Å². The molecule has 0 N–H and O–H groups in total. The Morgan fingerprint density at radius 1 is 1.46 bits per heavy atom. The molecular formula is C10H23NOSi. The molecule has 2 nitrogen and oxygen atoms in total. The Morgan fingerprint density at radius 2 is 2.15 bits per heavy atom. The zero-order chi connectivity index (χ0) is 10.1. The molecule has 0 spiro atoms. The summed E-state index contributed by atoms with van der Waals surface area (Å²) in [6, 6.07) is 1.17. The van der Waals surface area contributed by atoms with Crippen LogP contribution in [0.2, 0.25) is 12.6 Å².